The molecule has 0 unspecified atom stereocenters. The van der Waals surface area contributed by atoms with E-state index in [4.69, 9.17) is 0 Å². The highest BCUT2D eigenvalue weighted by atomic mass is 19.2. The molecule has 58 valence electrons. The summed E-state index contributed by atoms with van der Waals surface area (Å²) in [4.78, 5) is 3.36. The molecule has 0 aliphatic carbocycles. The SMILES string of the molecule is Fn1cccc1.c1cc[nH]c1. The van der Waals surface area contributed by atoms with Crippen LogP contribution in [-0.2, 0) is 0 Å². The summed E-state index contributed by atoms with van der Waals surface area (Å²) in [5.74, 6) is 0. The summed E-state index contributed by atoms with van der Waals surface area (Å²) in [6.45, 7) is 0. The number of aromatic amines is 1. The molecule has 0 amide bonds. The highest BCUT2D eigenvalue weighted by Gasteiger charge is 1.72. The average Bonchev–Trinajstić information content (AvgIpc) is 2.57. The van der Waals surface area contributed by atoms with E-state index in [1.165, 1.54) is 12.4 Å². The lowest BCUT2D eigenvalue weighted by Crippen LogP contribution is -1.66. The number of halogens is 1. The lowest BCUT2D eigenvalue weighted by molar-refractivity contribution is 0.371. The Morgan fingerprint density at radius 1 is 0.909 bits per heavy atom. The fourth-order valence-corrected chi connectivity index (χ4v) is 0.591. The Morgan fingerprint density at radius 2 is 1.45 bits per heavy atom. The molecule has 0 atom stereocenters. The molecule has 2 nitrogen and oxygen atoms in total. The standard InChI is InChI=1S/C4H4FN.C4H5N/c5-6-3-1-2-4-6;1-2-4-5-3-1/h1-4H;1-5H. The van der Waals surface area contributed by atoms with Gasteiger partial charge in [0.1, 0.15) is 0 Å². The minimum Gasteiger partial charge on any atom is -0.368 e. The van der Waals surface area contributed by atoms with Crippen molar-refractivity contribution in [1.29, 1.82) is 0 Å². The summed E-state index contributed by atoms with van der Waals surface area (Å²) in [6.07, 6.45) is 6.42. The van der Waals surface area contributed by atoms with E-state index in [0.29, 0.717) is 4.79 Å². The third-order valence-corrected chi connectivity index (χ3v) is 1.06. The van der Waals surface area contributed by atoms with E-state index in [9.17, 15) is 4.48 Å². The third kappa shape index (κ3) is 3.25. The van der Waals surface area contributed by atoms with Gasteiger partial charge in [0, 0.05) is 24.8 Å². The molecule has 2 heterocycles. The quantitative estimate of drug-likeness (QED) is 0.597. The summed E-state index contributed by atoms with van der Waals surface area (Å²) in [6, 6.07) is 7.14. The van der Waals surface area contributed by atoms with Crippen LogP contribution in [0.25, 0.3) is 0 Å². The zero-order valence-electron chi connectivity index (χ0n) is 5.94. The predicted molar refractivity (Wildman–Crippen MR) is 41.7 cm³/mol. The first-order valence-electron chi connectivity index (χ1n) is 3.26. The maximum Gasteiger partial charge on any atom is 0.0379 e. The second kappa shape index (κ2) is 4.33. The zero-order valence-corrected chi connectivity index (χ0v) is 5.94. The van der Waals surface area contributed by atoms with Crippen LogP contribution in [0.3, 0.4) is 0 Å². The van der Waals surface area contributed by atoms with Crippen LogP contribution < -0.4 is 0 Å². The first-order valence-corrected chi connectivity index (χ1v) is 3.26. The molecular weight excluding hydrogens is 143 g/mol. The lowest BCUT2D eigenvalue weighted by atomic mass is 10.7. The molecule has 1 N–H and O–H groups in total. The van der Waals surface area contributed by atoms with Gasteiger partial charge in [0.2, 0.25) is 0 Å². The molecular formula is C8H9FN2. The van der Waals surface area contributed by atoms with E-state index in [1.54, 1.807) is 12.1 Å². The summed E-state index contributed by atoms with van der Waals surface area (Å²) in [5, 5.41) is 0. The van der Waals surface area contributed by atoms with Gasteiger partial charge in [-0.2, -0.15) is 4.79 Å². The van der Waals surface area contributed by atoms with Crippen LogP contribution in [-0.4, -0.2) is 9.77 Å². The number of nitrogens with zero attached hydrogens (tertiary/aromatic N) is 1. The van der Waals surface area contributed by atoms with Gasteiger partial charge in [-0.1, -0.05) is 4.48 Å². The van der Waals surface area contributed by atoms with Gasteiger partial charge in [0.25, 0.3) is 0 Å². The van der Waals surface area contributed by atoms with E-state index in [1.807, 2.05) is 24.5 Å². The maximum absolute atomic E-state index is 11.6. The van der Waals surface area contributed by atoms with E-state index in [-0.39, 0.29) is 0 Å². The fraction of sp³-hybridized carbons (Fsp3) is 0. The zero-order chi connectivity index (χ0) is 7.94. The van der Waals surface area contributed by atoms with Crippen LogP contribution in [0.5, 0.6) is 0 Å². The first-order chi connectivity index (χ1) is 5.39. The monoisotopic (exact) mass is 152 g/mol. The third-order valence-electron chi connectivity index (χ3n) is 1.06. The fourth-order valence-electron chi connectivity index (χ4n) is 0.591. The van der Waals surface area contributed by atoms with Crippen molar-refractivity contribution < 1.29 is 4.48 Å². The van der Waals surface area contributed by atoms with E-state index >= 15 is 0 Å². The van der Waals surface area contributed by atoms with Gasteiger partial charge in [0.15, 0.2) is 0 Å². The molecule has 0 saturated heterocycles. The molecule has 0 aliphatic rings. The first kappa shape index (κ1) is 7.60. The van der Waals surface area contributed by atoms with E-state index in [2.05, 4.69) is 4.98 Å². The number of H-pyrrole nitrogens is 1. The summed E-state index contributed by atoms with van der Waals surface area (Å²) >= 11 is 0. The van der Waals surface area contributed by atoms with Crippen LogP contribution in [0.4, 0.5) is 4.48 Å². The second-order valence-electron chi connectivity index (χ2n) is 1.91. The molecule has 0 radical (unpaired) electrons. The van der Waals surface area contributed by atoms with Gasteiger partial charge < -0.3 is 4.98 Å². The number of aromatic nitrogens is 2. The number of rotatable bonds is 0. The number of hydrogen-bond acceptors (Lipinski definition) is 0. The van der Waals surface area contributed by atoms with Crippen LogP contribution in [0, 0.1) is 0 Å². The molecule has 2 aromatic rings. The van der Waals surface area contributed by atoms with Crippen molar-refractivity contribution in [2.75, 3.05) is 0 Å². The Balaban J connectivity index is 0.000000112. The van der Waals surface area contributed by atoms with Gasteiger partial charge in [-0.3, -0.25) is 0 Å². The van der Waals surface area contributed by atoms with Gasteiger partial charge in [-0.15, -0.1) is 0 Å². The van der Waals surface area contributed by atoms with Crippen LogP contribution in [0.15, 0.2) is 49.1 Å². The van der Waals surface area contributed by atoms with E-state index in [0.717, 1.165) is 0 Å². The number of nitrogens with one attached hydrogen (secondary N) is 1. The Hall–Kier alpha value is -1.51. The minimum absolute atomic E-state index is 0.500. The van der Waals surface area contributed by atoms with Crippen molar-refractivity contribution >= 4 is 0 Å². The van der Waals surface area contributed by atoms with Crippen LogP contribution in [0.1, 0.15) is 0 Å². The average molecular weight is 152 g/mol. The molecule has 2 aromatic heterocycles. The smallest absolute Gasteiger partial charge is 0.0379 e. The Kier molecular flexibility index (Phi) is 2.99. The van der Waals surface area contributed by atoms with Crippen molar-refractivity contribution in [3.05, 3.63) is 49.1 Å². The summed E-state index contributed by atoms with van der Waals surface area (Å²) < 4.78 is 11.6. The van der Waals surface area contributed by atoms with Crippen molar-refractivity contribution in [3.8, 4) is 0 Å². The molecule has 0 aromatic carbocycles. The second-order valence-corrected chi connectivity index (χ2v) is 1.91. The summed E-state index contributed by atoms with van der Waals surface area (Å²) in [5.41, 5.74) is 0. The lowest BCUT2D eigenvalue weighted by Gasteiger charge is -1.71. The van der Waals surface area contributed by atoms with E-state index < -0.39 is 0 Å². The molecule has 0 bridgehead atoms. The summed E-state index contributed by atoms with van der Waals surface area (Å²) in [7, 11) is 0. The molecule has 0 saturated carbocycles. The highest BCUT2D eigenvalue weighted by molar-refractivity contribution is 4.87. The number of hydrogen-bond donors (Lipinski definition) is 1. The van der Waals surface area contributed by atoms with Crippen molar-refractivity contribution in [3.63, 3.8) is 0 Å². The maximum atomic E-state index is 11.6. The highest BCUT2D eigenvalue weighted by Crippen LogP contribution is 1.84. The van der Waals surface area contributed by atoms with Crippen molar-refractivity contribution in [2.45, 2.75) is 0 Å². The van der Waals surface area contributed by atoms with Crippen LogP contribution in [0.2, 0.25) is 0 Å². The predicted octanol–water partition coefficient (Wildman–Crippen LogP) is 2.24. The Bertz CT molecular complexity index is 230. The Morgan fingerprint density at radius 3 is 1.64 bits per heavy atom. The Labute approximate surface area is 64.2 Å². The van der Waals surface area contributed by atoms with Crippen molar-refractivity contribution in [2.24, 2.45) is 0 Å². The molecule has 0 aliphatic heterocycles. The minimum atomic E-state index is 0.500. The van der Waals surface area contributed by atoms with Gasteiger partial charge in [0.05, 0.1) is 0 Å². The largest absolute Gasteiger partial charge is 0.368 e. The normalized spacial score (nSPS) is 8.45. The van der Waals surface area contributed by atoms with Gasteiger partial charge in [-0.05, 0) is 24.3 Å². The molecule has 2 rings (SSSR count). The molecule has 11 heavy (non-hydrogen) atoms. The van der Waals surface area contributed by atoms with Crippen LogP contribution >= 0.6 is 0 Å². The molecule has 0 spiro atoms. The van der Waals surface area contributed by atoms with Gasteiger partial charge >= 0.3 is 0 Å². The molecule has 0 fully saturated rings. The molecule has 3 heteroatoms. The van der Waals surface area contributed by atoms with Crippen molar-refractivity contribution in [1.82, 2.24) is 9.77 Å². The topological polar surface area (TPSA) is 20.7 Å². The van der Waals surface area contributed by atoms with Gasteiger partial charge in [-0.25, -0.2) is 0 Å².